The summed E-state index contributed by atoms with van der Waals surface area (Å²) in [5, 5.41) is -0.0505. The first kappa shape index (κ1) is 17.6. The van der Waals surface area contributed by atoms with Gasteiger partial charge in [-0.05, 0) is 32.1 Å². The van der Waals surface area contributed by atoms with E-state index in [1.54, 1.807) is 6.92 Å². The van der Waals surface area contributed by atoms with Crippen molar-refractivity contribution >= 4 is 21.7 Å². The van der Waals surface area contributed by atoms with E-state index in [4.69, 9.17) is 14.5 Å². The van der Waals surface area contributed by atoms with Crippen LogP contribution in [0.1, 0.15) is 39.0 Å². The molecule has 0 amide bonds. The highest BCUT2D eigenvalue weighted by Gasteiger charge is 2.61. The zero-order chi connectivity index (χ0) is 16.9. The number of carbonyl (C=O) groups is 1. The number of hydrogen-bond acceptors (Lipinski definition) is 4. The molecular formula is C15H20BrF3O4. The van der Waals surface area contributed by atoms with Crippen molar-refractivity contribution in [3.8, 4) is 0 Å². The summed E-state index contributed by atoms with van der Waals surface area (Å²) in [6, 6.07) is 0. The molecule has 8 heteroatoms. The number of hydrogen-bond donors (Lipinski definition) is 0. The molecule has 4 aliphatic rings. The third-order valence-electron chi connectivity index (χ3n) is 5.58. The van der Waals surface area contributed by atoms with E-state index in [0.29, 0.717) is 12.8 Å². The average Bonchev–Trinajstić information content (AvgIpc) is 2.74. The summed E-state index contributed by atoms with van der Waals surface area (Å²) < 4.78 is 44.7. The van der Waals surface area contributed by atoms with E-state index in [1.165, 1.54) is 0 Å². The number of ether oxygens (including phenoxy) is 1. The Labute approximate surface area is 141 Å². The van der Waals surface area contributed by atoms with Gasteiger partial charge in [0.1, 0.15) is 5.60 Å². The third kappa shape index (κ3) is 2.96. The van der Waals surface area contributed by atoms with Crippen LogP contribution < -0.4 is 0 Å². The van der Waals surface area contributed by atoms with E-state index < -0.39 is 35.2 Å². The molecule has 2 bridgehead atoms. The van der Waals surface area contributed by atoms with Crippen molar-refractivity contribution in [3.63, 3.8) is 0 Å². The van der Waals surface area contributed by atoms with Crippen LogP contribution in [-0.4, -0.2) is 35.3 Å². The van der Waals surface area contributed by atoms with Gasteiger partial charge in [-0.3, -0.25) is 4.79 Å². The van der Waals surface area contributed by atoms with E-state index in [2.05, 4.69) is 15.9 Å². The lowest BCUT2D eigenvalue weighted by molar-refractivity contribution is -0.515. The summed E-state index contributed by atoms with van der Waals surface area (Å²) in [4.78, 5) is 23.0. The molecule has 0 aromatic rings. The molecule has 1 saturated carbocycles. The second kappa shape index (κ2) is 5.97. The fourth-order valence-electron chi connectivity index (χ4n) is 4.26. The van der Waals surface area contributed by atoms with Crippen molar-refractivity contribution in [2.45, 2.75) is 56.6 Å². The Hall–Kier alpha value is -0.180. The van der Waals surface area contributed by atoms with E-state index in [0.717, 1.165) is 19.3 Å². The minimum absolute atomic E-state index is 0.0492. The predicted molar refractivity (Wildman–Crippen MR) is 77.7 cm³/mol. The Morgan fingerprint density at radius 1 is 1.30 bits per heavy atom. The molecule has 4 rings (SSSR count). The van der Waals surface area contributed by atoms with Gasteiger partial charge in [-0.25, -0.2) is 9.78 Å². The fourth-order valence-corrected chi connectivity index (χ4v) is 5.01. The Bertz CT molecular complexity index is 474. The second-order valence-electron chi connectivity index (χ2n) is 6.94. The Morgan fingerprint density at radius 2 is 2.04 bits per heavy atom. The van der Waals surface area contributed by atoms with Gasteiger partial charge in [0.2, 0.25) is 5.78 Å². The van der Waals surface area contributed by atoms with Gasteiger partial charge in [-0.2, -0.15) is 13.2 Å². The first-order chi connectivity index (χ1) is 10.7. The second-order valence-corrected chi connectivity index (χ2v) is 7.59. The van der Waals surface area contributed by atoms with E-state index in [-0.39, 0.29) is 17.9 Å². The SMILES string of the molecule is CC12CCC3CCCC(C(CBr)C(=O)C(F)(F)F)C3(CO1)OO2. The minimum Gasteiger partial charge on any atom is -0.344 e. The average molecular weight is 401 g/mol. The Morgan fingerprint density at radius 3 is 2.61 bits per heavy atom. The van der Waals surface area contributed by atoms with Crippen molar-refractivity contribution in [2.24, 2.45) is 17.8 Å². The largest absolute Gasteiger partial charge is 0.450 e. The van der Waals surface area contributed by atoms with Crippen molar-refractivity contribution in [1.82, 2.24) is 0 Å². The molecule has 0 radical (unpaired) electrons. The molecular weight excluding hydrogens is 381 g/mol. The molecule has 4 fully saturated rings. The van der Waals surface area contributed by atoms with Crippen LogP contribution >= 0.6 is 15.9 Å². The lowest BCUT2D eigenvalue weighted by atomic mass is 9.63. The van der Waals surface area contributed by atoms with Crippen molar-refractivity contribution in [2.75, 3.05) is 11.9 Å². The zero-order valence-electron chi connectivity index (χ0n) is 12.8. The van der Waals surface area contributed by atoms with Gasteiger partial charge >= 0.3 is 6.18 Å². The van der Waals surface area contributed by atoms with Crippen LogP contribution in [-0.2, 0) is 19.3 Å². The number of Topliss-reactive ketones (excluding diaryl/α,β-unsaturated/α-hetero) is 1. The number of halogens is 4. The molecule has 1 spiro atoms. The summed E-state index contributed by atoms with van der Waals surface area (Å²) in [5.41, 5.74) is -0.965. The van der Waals surface area contributed by atoms with Gasteiger partial charge in [0.25, 0.3) is 0 Å². The maximum Gasteiger partial charge on any atom is 0.450 e. The number of carbonyl (C=O) groups excluding carboxylic acids is 1. The minimum atomic E-state index is -4.85. The fraction of sp³-hybridized carbons (Fsp3) is 0.933. The normalized spacial score (nSPS) is 42.0. The molecule has 132 valence electrons. The van der Waals surface area contributed by atoms with Gasteiger partial charge in [-0.1, -0.05) is 22.4 Å². The molecule has 3 heterocycles. The maximum atomic E-state index is 13.0. The predicted octanol–water partition coefficient (Wildman–Crippen LogP) is 3.77. The molecule has 1 aliphatic carbocycles. The lowest BCUT2D eigenvalue weighted by Gasteiger charge is -2.51. The Kier molecular flexibility index (Phi) is 4.57. The maximum absolute atomic E-state index is 13.0. The zero-order valence-corrected chi connectivity index (χ0v) is 14.4. The highest BCUT2D eigenvalue weighted by molar-refractivity contribution is 9.09. The smallest absolute Gasteiger partial charge is 0.344 e. The highest BCUT2D eigenvalue weighted by Crippen LogP contribution is 2.54. The summed E-state index contributed by atoms with van der Waals surface area (Å²) in [6.45, 7) is 1.95. The monoisotopic (exact) mass is 400 g/mol. The van der Waals surface area contributed by atoms with Crippen LogP contribution in [0.4, 0.5) is 13.2 Å². The topological polar surface area (TPSA) is 44.8 Å². The highest BCUT2D eigenvalue weighted by atomic mass is 79.9. The molecule has 5 unspecified atom stereocenters. The van der Waals surface area contributed by atoms with E-state index in [1.807, 2.05) is 0 Å². The van der Waals surface area contributed by atoms with Crippen molar-refractivity contribution < 1.29 is 32.5 Å². The van der Waals surface area contributed by atoms with Crippen LogP contribution in [0.2, 0.25) is 0 Å². The van der Waals surface area contributed by atoms with Gasteiger partial charge in [0, 0.05) is 23.6 Å². The summed E-state index contributed by atoms with van der Waals surface area (Å²) in [6.07, 6.45) is -1.31. The van der Waals surface area contributed by atoms with Gasteiger partial charge in [-0.15, -0.1) is 0 Å². The molecule has 4 nitrogen and oxygen atoms in total. The third-order valence-corrected chi connectivity index (χ3v) is 6.28. The number of alkyl halides is 4. The first-order valence-corrected chi connectivity index (χ1v) is 9.02. The Balaban J connectivity index is 1.93. The van der Waals surface area contributed by atoms with Crippen molar-refractivity contribution in [1.29, 1.82) is 0 Å². The molecule has 3 aliphatic heterocycles. The molecule has 23 heavy (non-hydrogen) atoms. The lowest BCUT2D eigenvalue weighted by Crippen LogP contribution is -2.60. The van der Waals surface area contributed by atoms with Crippen molar-refractivity contribution in [3.05, 3.63) is 0 Å². The summed E-state index contributed by atoms with van der Waals surface area (Å²) in [7, 11) is 0. The van der Waals surface area contributed by atoms with Gasteiger partial charge in [0.05, 0.1) is 6.61 Å². The van der Waals surface area contributed by atoms with E-state index in [9.17, 15) is 18.0 Å². The number of rotatable bonds is 3. The number of fused-ring (bicyclic) bond motifs is 3. The molecule has 5 atom stereocenters. The summed E-state index contributed by atoms with van der Waals surface area (Å²) >= 11 is 3.10. The van der Waals surface area contributed by atoms with Crippen LogP contribution in [0, 0.1) is 17.8 Å². The van der Waals surface area contributed by atoms with Gasteiger partial charge < -0.3 is 4.74 Å². The standard InChI is InChI=1S/C15H20BrF3O4/c1-13-6-5-9-3-2-4-11(14(9,8-21-13)23-22-13)10(7-16)12(20)15(17,18)19/h9-11H,2-8H2,1H3. The quantitative estimate of drug-likeness (QED) is 0.534. The number of ketones is 1. The molecule has 0 aromatic carbocycles. The van der Waals surface area contributed by atoms with Crippen LogP contribution in [0.5, 0.6) is 0 Å². The van der Waals surface area contributed by atoms with Crippen LogP contribution in [0.25, 0.3) is 0 Å². The summed E-state index contributed by atoms with van der Waals surface area (Å²) in [5.74, 6) is -4.25. The van der Waals surface area contributed by atoms with Gasteiger partial charge in [0.15, 0.2) is 5.79 Å². The first-order valence-electron chi connectivity index (χ1n) is 7.90. The molecule has 0 N–H and O–H groups in total. The van der Waals surface area contributed by atoms with Crippen LogP contribution in [0.15, 0.2) is 0 Å². The van der Waals surface area contributed by atoms with E-state index >= 15 is 0 Å². The molecule has 3 saturated heterocycles. The molecule has 0 aromatic heterocycles. The van der Waals surface area contributed by atoms with Crippen LogP contribution in [0.3, 0.4) is 0 Å².